The lowest BCUT2D eigenvalue weighted by Crippen LogP contribution is -2.17. The first-order valence-corrected chi connectivity index (χ1v) is 8.78. The van der Waals surface area contributed by atoms with Gasteiger partial charge in [-0.25, -0.2) is 4.79 Å². The first kappa shape index (κ1) is 19.5. The normalized spacial score (nSPS) is 12.1. The summed E-state index contributed by atoms with van der Waals surface area (Å²) >= 11 is 0. The second-order valence-corrected chi connectivity index (χ2v) is 6.94. The number of carbonyl (C=O) groups is 1. The second-order valence-electron chi connectivity index (χ2n) is 6.94. The van der Waals surface area contributed by atoms with E-state index >= 15 is 0 Å². The van der Waals surface area contributed by atoms with Crippen LogP contribution in [-0.4, -0.2) is 32.4 Å². The summed E-state index contributed by atoms with van der Waals surface area (Å²) in [6.45, 7) is 5.84. The summed E-state index contributed by atoms with van der Waals surface area (Å²) in [5, 5.41) is 14.3. The maximum Gasteiger partial charge on any atom is 0.340 e. The number of aromatic nitrogens is 3. The number of carbonyl (C=O) groups excluding carboxylic acids is 1. The van der Waals surface area contributed by atoms with Crippen LogP contribution in [-0.2, 0) is 11.8 Å². The number of nitrogens with zero attached hydrogens (tertiary/aromatic N) is 2. The van der Waals surface area contributed by atoms with Crippen molar-refractivity contribution >= 4 is 16.9 Å². The van der Waals surface area contributed by atoms with Crippen LogP contribution in [0.15, 0.2) is 27.8 Å². The molecule has 3 aromatic heterocycles. The van der Waals surface area contributed by atoms with Crippen LogP contribution in [0.5, 0.6) is 0 Å². The fraction of sp³-hybridized carbons (Fsp3) is 0.350. The number of ether oxygens (including phenoxy) is 1. The van der Waals surface area contributed by atoms with Gasteiger partial charge in [0.1, 0.15) is 17.0 Å². The van der Waals surface area contributed by atoms with Crippen LogP contribution < -0.4 is 5.56 Å². The number of aliphatic hydroxyl groups is 1. The van der Waals surface area contributed by atoms with Crippen LogP contribution in [0.2, 0.25) is 0 Å². The molecule has 2 N–H and O–H groups in total. The number of aliphatic hydroxyl groups excluding tert-OH is 1. The molecule has 0 aliphatic carbocycles. The van der Waals surface area contributed by atoms with Crippen molar-refractivity contribution in [2.45, 2.75) is 26.9 Å². The van der Waals surface area contributed by atoms with E-state index in [1.165, 1.54) is 17.0 Å². The SMILES string of the molecule is Cc1cc([C@H](O)C#Cc2cn(C)c(=O)c3[nH]cc(C(=O)OCC(C)C)c23)no1. The molecule has 0 fully saturated rings. The van der Waals surface area contributed by atoms with Crippen molar-refractivity contribution < 1.29 is 19.2 Å². The molecule has 0 unspecified atom stereocenters. The van der Waals surface area contributed by atoms with Gasteiger partial charge in [-0.15, -0.1) is 0 Å². The summed E-state index contributed by atoms with van der Waals surface area (Å²) in [7, 11) is 1.59. The van der Waals surface area contributed by atoms with E-state index in [2.05, 4.69) is 22.0 Å². The third-order valence-corrected chi connectivity index (χ3v) is 4.04. The van der Waals surface area contributed by atoms with E-state index in [9.17, 15) is 14.7 Å². The molecule has 0 amide bonds. The lowest BCUT2D eigenvalue weighted by molar-refractivity contribution is 0.0461. The second kappa shape index (κ2) is 7.74. The van der Waals surface area contributed by atoms with E-state index in [1.807, 2.05) is 13.8 Å². The van der Waals surface area contributed by atoms with E-state index in [4.69, 9.17) is 9.26 Å². The molecule has 0 spiro atoms. The van der Waals surface area contributed by atoms with Gasteiger partial charge in [0.2, 0.25) is 0 Å². The van der Waals surface area contributed by atoms with Gasteiger partial charge in [-0.2, -0.15) is 0 Å². The fourth-order valence-corrected chi connectivity index (χ4v) is 2.68. The number of aromatic amines is 1. The molecule has 0 saturated carbocycles. The van der Waals surface area contributed by atoms with Crippen molar-refractivity contribution in [2.75, 3.05) is 6.61 Å². The maximum atomic E-state index is 12.5. The Kier molecular flexibility index (Phi) is 5.38. The lowest BCUT2D eigenvalue weighted by atomic mass is 10.1. The topological polar surface area (TPSA) is 110 Å². The van der Waals surface area contributed by atoms with Gasteiger partial charge in [-0.05, 0) is 12.8 Å². The van der Waals surface area contributed by atoms with Crippen molar-refractivity contribution in [1.29, 1.82) is 0 Å². The van der Waals surface area contributed by atoms with Gasteiger partial charge in [0.15, 0.2) is 6.10 Å². The van der Waals surface area contributed by atoms with E-state index < -0.39 is 12.1 Å². The minimum atomic E-state index is -1.17. The molecule has 1 atom stereocenters. The number of fused-ring (bicyclic) bond motifs is 1. The first-order valence-electron chi connectivity index (χ1n) is 8.78. The molecule has 0 aliphatic rings. The lowest BCUT2D eigenvalue weighted by Gasteiger charge is -2.07. The number of hydrogen-bond acceptors (Lipinski definition) is 6. The number of nitrogens with one attached hydrogen (secondary N) is 1. The van der Waals surface area contributed by atoms with Crippen molar-refractivity contribution in [3.8, 4) is 11.8 Å². The van der Waals surface area contributed by atoms with E-state index in [0.717, 1.165) is 0 Å². The van der Waals surface area contributed by atoms with Crippen LogP contribution >= 0.6 is 0 Å². The van der Waals surface area contributed by atoms with Gasteiger partial charge in [0.25, 0.3) is 5.56 Å². The van der Waals surface area contributed by atoms with Gasteiger partial charge in [0.05, 0.1) is 17.7 Å². The molecule has 8 heteroatoms. The Hall–Kier alpha value is -3.31. The average Bonchev–Trinajstić information content (AvgIpc) is 3.28. The number of aryl methyl sites for hydroxylation is 2. The summed E-state index contributed by atoms with van der Waals surface area (Å²) in [6, 6.07) is 1.58. The highest BCUT2D eigenvalue weighted by molar-refractivity contribution is 6.06. The largest absolute Gasteiger partial charge is 0.462 e. The summed E-state index contributed by atoms with van der Waals surface area (Å²) in [5.74, 6) is 5.72. The Balaban J connectivity index is 2.06. The molecule has 0 bridgehead atoms. The Labute approximate surface area is 161 Å². The van der Waals surface area contributed by atoms with Gasteiger partial charge in [-0.3, -0.25) is 4.79 Å². The standard InChI is InChI=1S/C20H21N3O5/c1-11(2)10-27-20(26)14-8-21-18-17(14)13(9-23(4)19(18)25)5-6-16(24)15-7-12(3)28-22-15/h7-9,11,16,21,24H,10H2,1-4H3/t16-/m1/s1. The van der Waals surface area contributed by atoms with Gasteiger partial charge >= 0.3 is 5.97 Å². The van der Waals surface area contributed by atoms with Crippen LogP contribution in [0.25, 0.3) is 10.9 Å². The third-order valence-electron chi connectivity index (χ3n) is 4.04. The Bertz CT molecular complexity index is 1140. The third kappa shape index (κ3) is 3.85. The quantitative estimate of drug-likeness (QED) is 0.527. The molecule has 28 heavy (non-hydrogen) atoms. The van der Waals surface area contributed by atoms with E-state index in [-0.39, 0.29) is 34.9 Å². The molecular weight excluding hydrogens is 362 g/mol. The smallest absolute Gasteiger partial charge is 0.340 e. The van der Waals surface area contributed by atoms with Crippen molar-refractivity contribution in [2.24, 2.45) is 13.0 Å². The minimum absolute atomic E-state index is 0.183. The van der Waals surface area contributed by atoms with E-state index in [1.54, 1.807) is 20.0 Å². The molecule has 0 saturated heterocycles. The number of esters is 1. The summed E-state index contributed by atoms with van der Waals surface area (Å²) in [4.78, 5) is 27.7. The zero-order chi connectivity index (χ0) is 20.4. The predicted molar refractivity (Wildman–Crippen MR) is 102 cm³/mol. The van der Waals surface area contributed by atoms with Crippen LogP contribution in [0, 0.1) is 24.7 Å². The van der Waals surface area contributed by atoms with Gasteiger partial charge in [0, 0.05) is 30.9 Å². The Morgan fingerprint density at radius 3 is 2.86 bits per heavy atom. The number of hydrogen-bond donors (Lipinski definition) is 2. The van der Waals surface area contributed by atoms with Crippen molar-refractivity contribution in [1.82, 2.24) is 14.7 Å². The van der Waals surface area contributed by atoms with E-state index in [0.29, 0.717) is 16.7 Å². The molecule has 3 aromatic rings. The fourth-order valence-electron chi connectivity index (χ4n) is 2.68. The molecule has 146 valence electrons. The zero-order valence-electron chi connectivity index (χ0n) is 16.1. The van der Waals surface area contributed by atoms with Crippen molar-refractivity contribution in [3.05, 3.63) is 51.4 Å². The van der Waals surface area contributed by atoms with Gasteiger partial charge < -0.3 is 23.9 Å². The van der Waals surface area contributed by atoms with Crippen molar-refractivity contribution in [3.63, 3.8) is 0 Å². The molecule has 3 rings (SSSR count). The molecular formula is C20H21N3O5. The highest BCUT2D eigenvalue weighted by atomic mass is 16.5. The minimum Gasteiger partial charge on any atom is -0.462 e. The first-order chi connectivity index (χ1) is 13.3. The monoisotopic (exact) mass is 383 g/mol. The summed E-state index contributed by atoms with van der Waals surface area (Å²) < 4.78 is 11.6. The highest BCUT2D eigenvalue weighted by Crippen LogP contribution is 2.21. The zero-order valence-corrected chi connectivity index (χ0v) is 16.1. The molecule has 3 heterocycles. The Morgan fingerprint density at radius 1 is 1.46 bits per heavy atom. The average molecular weight is 383 g/mol. The highest BCUT2D eigenvalue weighted by Gasteiger charge is 2.19. The van der Waals surface area contributed by atoms with Crippen LogP contribution in [0.4, 0.5) is 0 Å². The maximum absolute atomic E-state index is 12.5. The number of rotatable bonds is 4. The number of pyridine rings is 1. The van der Waals surface area contributed by atoms with Gasteiger partial charge in [-0.1, -0.05) is 30.8 Å². The van der Waals surface area contributed by atoms with Crippen LogP contribution in [0.1, 0.15) is 47.3 Å². The Morgan fingerprint density at radius 2 is 2.21 bits per heavy atom. The number of H-pyrrole nitrogens is 1. The molecule has 8 nitrogen and oxygen atoms in total. The molecule has 0 aromatic carbocycles. The molecule has 0 radical (unpaired) electrons. The molecule has 0 aliphatic heterocycles. The summed E-state index contributed by atoms with van der Waals surface area (Å²) in [5.41, 5.74) is 0.879. The summed E-state index contributed by atoms with van der Waals surface area (Å²) in [6.07, 6.45) is 1.79. The van der Waals surface area contributed by atoms with Crippen LogP contribution in [0.3, 0.4) is 0 Å². The predicted octanol–water partition coefficient (Wildman–Crippen LogP) is 2.06.